The number of amides is 1. The Kier molecular flexibility index (Phi) is 4.42. The zero-order valence-corrected chi connectivity index (χ0v) is 12.6. The Morgan fingerprint density at radius 2 is 1.65 bits per heavy atom. The number of nitrogens with zero attached hydrogens (tertiary/aromatic N) is 4. The lowest BCUT2D eigenvalue weighted by atomic mass is 10.2. The summed E-state index contributed by atoms with van der Waals surface area (Å²) < 4.78 is 5.01. The van der Waals surface area contributed by atoms with Crippen molar-refractivity contribution in [3.05, 3.63) is 17.0 Å². The second-order valence-electron chi connectivity index (χ2n) is 4.99. The second kappa shape index (κ2) is 6.07. The molecule has 0 N–H and O–H groups in total. The molecule has 0 aliphatic carbocycles. The van der Waals surface area contributed by atoms with E-state index in [-0.39, 0.29) is 6.09 Å². The largest absolute Gasteiger partial charge is 0.450 e. The average Bonchev–Trinajstić information content (AvgIpc) is 2.44. The van der Waals surface area contributed by atoms with E-state index in [2.05, 4.69) is 14.9 Å². The van der Waals surface area contributed by atoms with E-state index >= 15 is 0 Å². The SMILES string of the molecule is CCOC(=O)N1CCN(c2nc(C)c(C)c(C)n2)CC1. The van der Waals surface area contributed by atoms with Crippen molar-refractivity contribution in [3.63, 3.8) is 0 Å². The number of carbonyl (C=O) groups excluding carboxylic acids is 1. The van der Waals surface area contributed by atoms with E-state index in [9.17, 15) is 4.79 Å². The standard InChI is InChI=1S/C14H22N4O2/c1-5-20-14(19)18-8-6-17(7-9-18)13-15-11(3)10(2)12(4)16-13/h5-9H2,1-4H3. The summed E-state index contributed by atoms with van der Waals surface area (Å²) >= 11 is 0. The number of rotatable bonds is 2. The molecule has 1 amide bonds. The molecule has 1 aromatic heterocycles. The number of hydrogen-bond acceptors (Lipinski definition) is 5. The van der Waals surface area contributed by atoms with Crippen molar-refractivity contribution in [3.8, 4) is 0 Å². The zero-order chi connectivity index (χ0) is 14.7. The van der Waals surface area contributed by atoms with Crippen LogP contribution in [0.4, 0.5) is 10.7 Å². The van der Waals surface area contributed by atoms with Crippen LogP contribution in [0.2, 0.25) is 0 Å². The first-order chi connectivity index (χ1) is 9.52. The molecule has 0 bridgehead atoms. The number of hydrogen-bond donors (Lipinski definition) is 0. The third-order valence-corrected chi connectivity index (χ3v) is 3.71. The van der Waals surface area contributed by atoms with Crippen molar-refractivity contribution in [2.45, 2.75) is 27.7 Å². The minimum absolute atomic E-state index is 0.232. The number of carbonyl (C=O) groups is 1. The van der Waals surface area contributed by atoms with Crippen molar-refractivity contribution in [2.75, 3.05) is 37.7 Å². The normalized spacial score (nSPS) is 15.4. The summed E-state index contributed by atoms with van der Waals surface area (Å²) in [6, 6.07) is 0. The Bertz CT molecular complexity index is 473. The summed E-state index contributed by atoms with van der Waals surface area (Å²) in [5.41, 5.74) is 3.17. The Morgan fingerprint density at radius 3 is 2.15 bits per heavy atom. The lowest BCUT2D eigenvalue weighted by molar-refractivity contribution is 0.105. The fourth-order valence-electron chi connectivity index (χ4n) is 2.20. The van der Waals surface area contributed by atoms with Gasteiger partial charge in [0.05, 0.1) is 6.61 Å². The van der Waals surface area contributed by atoms with Crippen LogP contribution in [0.3, 0.4) is 0 Å². The number of ether oxygens (including phenoxy) is 1. The predicted molar refractivity (Wildman–Crippen MR) is 77.1 cm³/mol. The molecular weight excluding hydrogens is 256 g/mol. The highest BCUT2D eigenvalue weighted by molar-refractivity contribution is 5.68. The highest BCUT2D eigenvalue weighted by Crippen LogP contribution is 2.16. The van der Waals surface area contributed by atoms with E-state index < -0.39 is 0 Å². The third kappa shape index (κ3) is 3.00. The number of aromatic nitrogens is 2. The van der Waals surface area contributed by atoms with Gasteiger partial charge in [-0.1, -0.05) is 0 Å². The van der Waals surface area contributed by atoms with Crippen LogP contribution >= 0.6 is 0 Å². The van der Waals surface area contributed by atoms with Gasteiger partial charge in [0.2, 0.25) is 5.95 Å². The first-order valence-electron chi connectivity index (χ1n) is 7.01. The summed E-state index contributed by atoms with van der Waals surface area (Å²) in [6.45, 7) is 11.0. The highest BCUT2D eigenvalue weighted by Gasteiger charge is 2.23. The molecule has 20 heavy (non-hydrogen) atoms. The first-order valence-corrected chi connectivity index (χ1v) is 7.01. The molecule has 0 spiro atoms. The minimum Gasteiger partial charge on any atom is -0.450 e. The van der Waals surface area contributed by atoms with Crippen LogP contribution in [0, 0.1) is 20.8 Å². The smallest absolute Gasteiger partial charge is 0.409 e. The van der Waals surface area contributed by atoms with Crippen LogP contribution in [-0.4, -0.2) is 53.7 Å². The van der Waals surface area contributed by atoms with Gasteiger partial charge in [-0.2, -0.15) is 0 Å². The fourth-order valence-corrected chi connectivity index (χ4v) is 2.20. The fraction of sp³-hybridized carbons (Fsp3) is 0.643. The summed E-state index contributed by atoms with van der Waals surface area (Å²) in [5, 5.41) is 0. The quantitative estimate of drug-likeness (QED) is 0.823. The average molecular weight is 278 g/mol. The molecule has 110 valence electrons. The van der Waals surface area contributed by atoms with E-state index in [0.29, 0.717) is 19.7 Å². The maximum atomic E-state index is 11.6. The molecule has 1 fully saturated rings. The van der Waals surface area contributed by atoms with E-state index in [1.54, 1.807) is 4.90 Å². The second-order valence-corrected chi connectivity index (χ2v) is 4.99. The summed E-state index contributed by atoms with van der Waals surface area (Å²) in [6.07, 6.45) is -0.232. The molecule has 6 nitrogen and oxygen atoms in total. The maximum absolute atomic E-state index is 11.6. The minimum atomic E-state index is -0.232. The van der Waals surface area contributed by atoms with Crippen molar-refractivity contribution < 1.29 is 9.53 Å². The van der Waals surface area contributed by atoms with E-state index in [1.807, 2.05) is 27.7 Å². The molecule has 0 atom stereocenters. The lowest BCUT2D eigenvalue weighted by Crippen LogP contribution is -2.49. The topological polar surface area (TPSA) is 58.6 Å². The van der Waals surface area contributed by atoms with Gasteiger partial charge in [0.15, 0.2) is 0 Å². The van der Waals surface area contributed by atoms with Crippen LogP contribution in [0.5, 0.6) is 0 Å². The molecule has 6 heteroatoms. The molecule has 2 heterocycles. The lowest BCUT2D eigenvalue weighted by Gasteiger charge is -2.34. The highest BCUT2D eigenvalue weighted by atomic mass is 16.6. The molecule has 0 saturated carbocycles. The molecule has 0 unspecified atom stereocenters. The number of anilines is 1. The monoisotopic (exact) mass is 278 g/mol. The Hall–Kier alpha value is -1.85. The van der Waals surface area contributed by atoms with Crippen molar-refractivity contribution >= 4 is 12.0 Å². The van der Waals surface area contributed by atoms with E-state index in [0.717, 1.165) is 36.0 Å². The zero-order valence-electron chi connectivity index (χ0n) is 12.6. The molecule has 1 saturated heterocycles. The van der Waals surface area contributed by atoms with Crippen molar-refractivity contribution in [2.24, 2.45) is 0 Å². The molecule has 1 aromatic rings. The Balaban J connectivity index is 2.02. The van der Waals surface area contributed by atoms with Gasteiger partial charge < -0.3 is 14.5 Å². The number of piperazine rings is 1. The van der Waals surface area contributed by atoms with Crippen LogP contribution < -0.4 is 4.90 Å². The molecule has 0 aromatic carbocycles. The van der Waals surface area contributed by atoms with Crippen LogP contribution in [0.25, 0.3) is 0 Å². The van der Waals surface area contributed by atoms with Gasteiger partial charge in [0.25, 0.3) is 0 Å². The van der Waals surface area contributed by atoms with Gasteiger partial charge >= 0.3 is 6.09 Å². The van der Waals surface area contributed by atoms with Crippen LogP contribution in [0.15, 0.2) is 0 Å². The summed E-state index contributed by atoms with van der Waals surface area (Å²) in [5.74, 6) is 0.758. The number of aryl methyl sites for hydroxylation is 2. The molecular formula is C14H22N4O2. The van der Waals surface area contributed by atoms with Gasteiger partial charge in [-0.3, -0.25) is 0 Å². The van der Waals surface area contributed by atoms with E-state index in [4.69, 9.17) is 4.74 Å². The molecule has 1 aliphatic heterocycles. The van der Waals surface area contributed by atoms with Crippen molar-refractivity contribution in [1.82, 2.24) is 14.9 Å². The molecule has 0 radical (unpaired) electrons. The van der Waals surface area contributed by atoms with Crippen LogP contribution in [-0.2, 0) is 4.74 Å². The van der Waals surface area contributed by atoms with Gasteiger partial charge in [0, 0.05) is 37.6 Å². The Morgan fingerprint density at radius 1 is 1.10 bits per heavy atom. The van der Waals surface area contributed by atoms with E-state index in [1.165, 1.54) is 0 Å². The van der Waals surface area contributed by atoms with Gasteiger partial charge in [-0.15, -0.1) is 0 Å². The molecule has 2 rings (SSSR count). The Labute approximate surface area is 119 Å². The van der Waals surface area contributed by atoms with Gasteiger partial charge in [-0.05, 0) is 33.3 Å². The first kappa shape index (κ1) is 14.6. The summed E-state index contributed by atoms with van der Waals surface area (Å²) in [4.78, 5) is 24.6. The van der Waals surface area contributed by atoms with Crippen molar-refractivity contribution in [1.29, 1.82) is 0 Å². The molecule has 1 aliphatic rings. The third-order valence-electron chi connectivity index (χ3n) is 3.71. The van der Waals surface area contributed by atoms with Gasteiger partial charge in [-0.25, -0.2) is 14.8 Å². The maximum Gasteiger partial charge on any atom is 0.409 e. The predicted octanol–water partition coefficient (Wildman–Crippen LogP) is 1.68. The van der Waals surface area contributed by atoms with Crippen LogP contribution in [0.1, 0.15) is 23.9 Å². The summed E-state index contributed by atoms with van der Waals surface area (Å²) in [7, 11) is 0. The van der Waals surface area contributed by atoms with Gasteiger partial charge in [0.1, 0.15) is 0 Å².